The molecule has 0 heterocycles. The van der Waals surface area contributed by atoms with Crippen LogP contribution in [0.5, 0.6) is 23.0 Å². The van der Waals surface area contributed by atoms with Gasteiger partial charge in [-0.15, -0.1) is 0 Å². The van der Waals surface area contributed by atoms with Crippen LogP contribution in [0.25, 0.3) is 12.2 Å². The molecule has 0 unspecified atom stereocenters. The van der Waals surface area contributed by atoms with Crippen molar-refractivity contribution < 1.29 is 23.7 Å². The van der Waals surface area contributed by atoms with Crippen LogP contribution in [0.15, 0.2) is 66.9 Å². The highest BCUT2D eigenvalue weighted by Gasteiger charge is 2.12. The Bertz CT molecular complexity index is 1190. The lowest BCUT2D eigenvalue weighted by molar-refractivity contribution is 0.104. The minimum atomic E-state index is -0.178. The summed E-state index contributed by atoms with van der Waals surface area (Å²) < 4.78 is 21.3. The number of benzene rings is 3. The summed E-state index contributed by atoms with van der Waals surface area (Å²) in [7, 11) is 6.26. The van der Waals surface area contributed by atoms with Gasteiger partial charge in [0.15, 0.2) is 17.3 Å². The van der Waals surface area contributed by atoms with E-state index in [1.54, 1.807) is 45.7 Å². The summed E-state index contributed by atoms with van der Waals surface area (Å²) >= 11 is 6.12. The van der Waals surface area contributed by atoms with E-state index in [4.69, 9.17) is 30.5 Å². The summed E-state index contributed by atoms with van der Waals surface area (Å²) in [5.41, 5.74) is 3.12. The third-order valence-corrected chi connectivity index (χ3v) is 5.31. The van der Waals surface area contributed by atoms with Gasteiger partial charge in [0, 0.05) is 23.5 Å². The number of hydrogen-bond donors (Lipinski definition) is 1. The van der Waals surface area contributed by atoms with Crippen LogP contribution >= 0.6 is 11.6 Å². The topological polar surface area (TPSA) is 66.0 Å². The number of carbonyl (C=O) groups excluding carboxylic acids is 1. The highest BCUT2D eigenvalue weighted by Crippen LogP contribution is 2.38. The van der Waals surface area contributed by atoms with Crippen LogP contribution in [0, 0.1) is 0 Å². The Labute approximate surface area is 204 Å². The van der Waals surface area contributed by atoms with Gasteiger partial charge < -0.3 is 24.3 Å². The van der Waals surface area contributed by atoms with Crippen LogP contribution in [0.1, 0.15) is 21.5 Å². The average Bonchev–Trinajstić information content (AvgIpc) is 2.87. The number of anilines is 1. The van der Waals surface area contributed by atoms with Gasteiger partial charge in [0.1, 0.15) is 5.75 Å². The summed E-state index contributed by atoms with van der Waals surface area (Å²) in [5, 5.41) is 3.56. The summed E-state index contributed by atoms with van der Waals surface area (Å²) in [6.45, 7) is 0. The third kappa shape index (κ3) is 5.91. The fourth-order valence-corrected chi connectivity index (χ4v) is 3.54. The number of ketones is 1. The first-order valence-electron chi connectivity index (χ1n) is 10.4. The maximum atomic E-state index is 12.5. The van der Waals surface area contributed by atoms with Crippen LogP contribution in [-0.4, -0.2) is 34.2 Å². The number of ether oxygens (including phenoxy) is 4. The van der Waals surface area contributed by atoms with Crippen molar-refractivity contribution in [2.75, 3.05) is 33.8 Å². The van der Waals surface area contributed by atoms with E-state index in [0.717, 1.165) is 16.8 Å². The molecule has 0 atom stereocenters. The maximum absolute atomic E-state index is 12.5. The molecule has 3 rings (SSSR count). The van der Waals surface area contributed by atoms with Crippen molar-refractivity contribution in [2.45, 2.75) is 0 Å². The number of methoxy groups -OCH3 is 4. The largest absolute Gasteiger partial charge is 0.495 e. The lowest BCUT2D eigenvalue weighted by Crippen LogP contribution is -1.98. The molecule has 7 heteroatoms. The minimum absolute atomic E-state index is 0.178. The van der Waals surface area contributed by atoms with E-state index in [0.29, 0.717) is 33.6 Å². The molecular formula is C27H26ClNO5. The number of halogens is 1. The zero-order valence-electron chi connectivity index (χ0n) is 19.4. The van der Waals surface area contributed by atoms with E-state index in [1.807, 2.05) is 48.6 Å². The number of rotatable bonds is 10. The molecule has 0 bridgehead atoms. The average molecular weight is 480 g/mol. The van der Waals surface area contributed by atoms with Gasteiger partial charge in [-0.3, -0.25) is 4.79 Å². The van der Waals surface area contributed by atoms with Gasteiger partial charge >= 0.3 is 0 Å². The van der Waals surface area contributed by atoms with Crippen molar-refractivity contribution in [1.29, 1.82) is 0 Å². The molecule has 0 aliphatic rings. The molecule has 6 nitrogen and oxygen atoms in total. The highest BCUT2D eigenvalue weighted by molar-refractivity contribution is 6.32. The molecule has 0 fully saturated rings. The fraction of sp³-hybridized carbons (Fsp3) is 0.148. The Balaban J connectivity index is 1.77. The summed E-state index contributed by atoms with van der Waals surface area (Å²) in [5.74, 6) is 2.04. The molecule has 3 aromatic carbocycles. The molecule has 0 aliphatic carbocycles. The molecule has 3 aromatic rings. The number of allylic oxidation sites excluding steroid dienone is 1. The van der Waals surface area contributed by atoms with Crippen molar-refractivity contribution in [3.63, 3.8) is 0 Å². The van der Waals surface area contributed by atoms with Gasteiger partial charge in [-0.1, -0.05) is 42.0 Å². The Morgan fingerprint density at radius 1 is 0.824 bits per heavy atom. The SMILES string of the molecule is COc1ccc(C(=O)C=CNc2ccccc2C=Cc2cc(OC)c(OC)c(OC)c2)cc1Cl. The lowest BCUT2D eigenvalue weighted by Gasteiger charge is -2.13. The monoisotopic (exact) mass is 479 g/mol. The van der Waals surface area contributed by atoms with Crippen molar-refractivity contribution >= 4 is 35.2 Å². The van der Waals surface area contributed by atoms with E-state index in [-0.39, 0.29) is 5.78 Å². The van der Waals surface area contributed by atoms with Crippen LogP contribution in [-0.2, 0) is 0 Å². The maximum Gasteiger partial charge on any atom is 0.203 e. The summed E-state index contributed by atoms with van der Waals surface area (Å²) in [6, 6.07) is 16.4. The van der Waals surface area contributed by atoms with Gasteiger partial charge in [0.05, 0.1) is 33.5 Å². The zero-order chi connectivity index (χ0) is 24.5. The molecule has 34 heavy (non-hydrogen) atoms. The Hall–Kier alpha value is -3.90. The second-order valence-electron chi connectivity index (χ2n) is 7.07. The van der Waals surface area contributed by atoms with Crippen molar-refractivity contribution in [3.05, 3.63) is 88.6 Å². The molecule has 0 spiro atoms. The Morgan fingerprint density at radius 3 is 2.12 bits per heavy atom. The molecule has 176 valence electrons. The normalized spacial score (nSPS) is 11.0. The number of para-hydroxylation sites is 1. The first-order valence-corrected chi connectivity index (χ1v) is 10.8. The quantitative estimate of drug-likeness (QED) is 0.207. The molecule has 0 radical (unpaired) electrons. The van der Waals surface area contributed by atoms with E-state index in [2.05, 4.69) is 5.32 Å². The molecule has 0 aliphatic heterocycles. The second-order valence-corrected chi connectivity index (χ2v) is 7.48. The second kappa shape index (κ2) is 11.8. The molecular weight excluding hydrogens is 454 g/mol. The lowest BCUT2D eigenvalue weighted by atomic mass is 10.1. The van der Waals surface area contributed by atoms with E-state index in [1.165, 1.54) is 13.2 Å². The molecule has 0 saturated carbocycles. The van der Waals surface area contributed by atoms with Crippen molar-refractivity contribution in [3.8, 4) is 23.0 Å². The predicted octanol–water partition coefficient (Wildman–Crippen LogP) is 6.35. The van der Waals surface area contributed by atoms with Gasteiger partial charge in [-0.2, -0.15) is 0 Å². The third-order valence-electron chi connectivity index (χ3n) is 5.01. The minimum Gasteiger partial charge on any atom is -0.495 e. The molecule has 1 N–H and O–H groups in total. The van der Waals surface area contributed by atoms with Gasteiger partial charge in [-0.05, 0) is 47.5 Å². The molecule has 0 aromatic heterocycles. The number of nitrogens with one attached hydrogen (secondary N) is 1. The van der Waals surface area contributed by atoms with Crippen molar-refractivity contribution in [1.82, 2.24) is 0 Å². The Kier molecular flexibility index (Phi) is 8.60. The predicted molar refractivity (Wildman–Crippen MR) is 137 cm³/mol. The van der Waals surface area contributed by atoms with E-state index < -0.39 is 0 Å². The number of hydrogen-bond acceptors (Lipinski definition) is 6. The van der Waals surface area contributed by atoms with Crippen LogP contribution in [0.4, 0.5) is 5.69 Å². The van der Waals surface area contributed by atoms with Crippen molar-refractivity contribution in [2.24, 2.45) is 0 Å². The van der Waals surface area contributed by atoms with Gasteiger partial charge in [-0.25, -0.2) is 0 Å². The van der Waals surface area contributed by atoms with Crippen LogP contribution in [0.2, 0.25) is 5.02 Å². The first kappa shape index (κ1) is 24.7. The van der Waals surface area contributed by atoms with Gasteiger partial charge in [0.25, 0.3) is 0 Å². The van der Waals surface area contributed by atoms with E-state index >= 15 is 0 Å². The van der Waals surface area contributed by atoms with Crippen LogP contribution in [0.3, 0.4) is 0 Å². The van der Waals surface area contributed by atoms with Crippen LogP contribution < -0.4 is 24.3 Å². The highest BCUT2D eigenvalue weighted by atomic mass is 35.5. The zero-order valence-corrected chi connectivity index (χ0v) is 20.2. The summed E-state index contributed by atoms with van der Waals surface area (Å²) in [4.78, 5) is 12.5. The van der Waals surface area contributed by atoms with E-state index in [9.17, 15) is 4.79 Å². The number of carbonyl (C=O) groups is 1. The summed E-state index contributed by atoms with van der Waals surface area (Å²) in [6.07, 6.45) is 6.96. The molecule has 0 saturated heterocycles. The standard InChI is InChI=1S/C27H26ClNO5/c1-31-24-12-11-20(17-21(24)28)23(30)13-14-29-22-8-6-5-7-19(22)10-9-18-15-25(32-2)27(34-4)26(16-18)33-3/h5-17,29H,1-4H3. The smallest absolute Gasteiger partial charge is 0.203 e. The van der Waals surface area contributed by atoms with Gasteiger partial charge in [0.2, 0.25) is 5.75 Å². The fourth-order valence-electron chi connectivity index (χ4n) is 3.28. The molecule has 0 amide bonds. The Morgan fingerprint density at radius 2 is 1.50 bits per heavy atom. The first-order chi connectivity index (χ1) is 16.5.